The van der Waals surface area contributed by atoms with Crippen molar-refractivity contribution in [1.29, 1.82) is 0 Å². The average molecular weight is 359 g/mol. The highest BCUT2D eigenvalue weighted by molar-refractivity contribution is 5.95. The summed E-state index contributed by atoms with van der Waals surface area (Å²) in [5.41, 5.74) is 2.25. The minimum atomic E-state index is -0.260. The second-order valence-electron chi connectivity index (χ2n) is 6.18. The predicted molar refractivity (Wildman–Crippen MR) is 101 cm³/mol. The Hall–Kier alpha value is -2.56. The van der Waals surface area contributed by atoms with Gasteiger partial charge in [0.05, 0.1) is 14.2 Å². The van der Waals surface area contributed by atoms with Crippen LogP contribution < -0.4 is 9.47 Å². The van der Waals surface area contributed by atoms with Crippen molar-refractivity contribution < 1.29 is 18.7 Å². The van der Waals surface area contributed by atoms with Crippen molar-refractivity contribution in [3.05, 3.63) is 58.9 Å². The zero-order valence-electron chi connectivity index (χ0n) is 15.8. The molecule has 0 bridgehead atoms. The summed E-state index contributed by atoms with van der Waals surface area (Å²) in [5, 5.41) is 0. The van der Waals surface area contributed by atoms with Crippen molar-refractivity contribution in [2.24, 2.45) is 0 Å². The molecule has 2 rings (SSSR count). The van der Waals surface area contributed by atoms with Crippen LogP contribution in [0.4, 0.5) is 4.39 Å². The zero-order valence-corrected chi connectivity index (χ0v) is 15.8. The van der Waals surface area contributed by atoms with Crippen molar-refractivity contribution in [2.45, 2.75) is 26.7 Å². The van der Waals surface area contributed by atoms with E-state index in [2.05, 4.69) is 0 Å². The van der Waals surface area contributed by atoms with Gasteiger partial charge in [0, 0.05) is 24.2 Å². The van der Waals surface area contributed by atoms with Crippen molar-refractivity contribution in [2.75, 3.05) is 27.3 Å². The molecule has 0 aliphatic heterocycles. The molecule has 0 aliphatic rings. The Morgan fingerprint density at radius 2 is 1.73 bits per heavy atom. The monoisotopic (exact) mass is 359 g/mol. The molecule has 140 valence electrons. The third kappa shape index (κ3) is 4.75. The van der Waals surface area contributed by atoms with E-state index in [0.29, 0.717) is 36.6 Å². The van der Waals surface area contributed by atoms with Crippen LogP contribution in [0.1, 0.15) is 34.8 Å². The predicted octanol–water partition coefficient (Wildman–Crippen LogP) is 4.25. The topological polar surface area (TPSA) is 38.8 Å². The maximum atomic E-state index is 13.4. The molecule has 1 amide bonds. The van der Waals surface area contributed by atoms with Crippen molar-refractivity contribution in [1.82, 2.24) is 4.90 Å². The summed E-state index contributed by atoms with van der Waals surface area (Å²) in [7, 11) is 3.15. The molecule has 0 fully saturated rings. The number of carbonyl (C=O) groups is 1. The fraction of sp³-hybridized carbons (Fsp3) is 0.381. The highest BCUT2D eigenvalue weighted by atomic mass is 19.1. The van der Waals surface area contributed by atoms with Gasteiger partial charge >= 0.3 is 0 Å². The number of carbonyl (C=O) groups excluding carboxylic acids is 1. The molecule has 0 unspecified atom stereocenters. The Morgan fingerprint density at radius 1 is 1.08 bits per heavy atom. The first-order chi connectivity index (χ1) is 12.5. The molecule has 0 aromatic heterocycles. The molecular formula is C21H26FNO3. The van der Waals surface area contributed by atoms with Gasteiger partial charge in [0.1, 0.15) is 17.3 Å². The molecule has 0 saturated carbocycles. The summed E-state index contributed by atoms with van der Waals surface area (Å²) in [6, 6.07) is 9.97. The number of hydrogen-bond donors (Lipinski definition) is 0. The minimum Gasteiger partial charge on any atom is -0.496 e. The Kier molecular flexibility index (Phi) is 7.01. The van der Waals surface area contributed by atoms with E-state index in [0.717, 1.165) is 17.5 Å². The SMILES string of the molecule is CCCN(CCc1cccc(F)c1)C(=O)c1cc(OC)c(C)c(OC)c1. The van der Waals surface area contributed by atoms with Crippen LogP contribution in [0.2, 0.25) is 0 Å². The molecule has 0 atom stereocenters. The maximum Gasteiger partial charge on any atom is 0.254 e. The van der Waals surface area contributed by atoms with Crippen molar-refractivity contribution in [3.8, 4) is 11.5 Å². The Balaban J connectivity index is 2.22. The van der Waals surface area contributed by atoms with Gasteiger partial charge < -0.3 is 14.4 Å². The molecule has 0 heterocycles. The minimum absolute atomic E-state index is 0.0835. The zero-order chi connectivity index (χ0) is 19.1. The number of benzene rings is 2. The second kappa shape index (κ2) is 9.22. The molecule has 0 saturated heterocycles. The van der Waals surface area contributed by atoms with Gasteiger partial charge in [0.25, 0.3) is 5.91 Å². The Morgan fingerprint density at radius 3 is 2.27 bits per heavy atom. The van der Waals surface area contributed by atoms with Gasteiger partial charge in [0.15, 0.2) is 0 Å². The van der Waals surface area contributed by atoms with Gasteiger partial charge in [-0.3, -0.25) is 4.79 Å². The van der Waals surface area contributed by atoms with Crippen LogP contribution in [-0.2, 0) is 6.42 Å². The van der Waals surface area contributed by atoms with E-state index >= 15 is 0 Å². The number of hydrogen-bond acceptors (Lipinski definition) is 3. The molecule has 0 radical (unpaired) electrons. The summed E-state index contributed by atoms with van der Waals surface area (Å²) < 4.78 is 24.1. The molecule has 0 aliphatic carbocycles. The van der Waals surface area contributed by atoms with Gasteiger partial charge in [-0.05, 0) is 49.6 Å². The number of nitrogens with zero attached hydrogens (tertiary/aromatic N) is 1. The first-order valence-corrected chi connectivity index (χ1v) is 8.76. The number of methoxy groups -OCH3 is 2. The van der Waals surface area contributed by atoms with Gasteiger partial charge in [-0.2, -0.15) is 0 Å². The average Bonchev–Trinajstić information content (AvgIpc) is 2.64. The summed E-state index contributed by atoms with van der Waals surface area (Å²) in [4.78, 5) is 14.8. The van der Waals surface area contributed by atoms with E-state index in [4.69, 9.17) is 9.47 Å². The van der Waals surface area contributed by atoms with Crippen LogP contribution in [0.3, 0.4) is 0 Å². The van der Waals surface area contributed by atoms with Crippen LogP contribution in [0.15, 0.2) is 36.4 Å². The first kappa shape index (κ1) is 19.8. The lowest BCUT2D eigenvalue weighted by atomic mass is 10.1. The quantitative estimate of drug-likeness (QED) is 0.707. The molecule has 26 heavy (non-hydrogen) atoms. The van der Waals surface area contributed by atoms with Gasteiger partial charge in [-0.1, -0.05) is 19.1 Å². The molecule has 0 N–H and O–H groups in total. The number of ether oxygens (including phenoxy) is 2. The van der Waals surface area contributed by atoms with Crippen LogP contribution >= 0.6 is 0 Å². The number of amides is 1. The van der Waals surface area contributed by atoms with Crippen molar-refractivity contribution in [3.63, 3.8) is 0 Å². The second-order valence-corrected chi connectivity index (χ2v) is 6.18. The number of rotatable bonds is 8. The van der Waals surface area contributed by atoms with Gasteiger partial charge in [-0.25, -0.2) is 4.39 Å². The third-order valence-electron chi connectivity index (χ3n) is 4.34. The normalized spacial score (nSPS) is 10.5. The standard InChI is InChI=1S/C21H26FNO3/c1-5-10-23(11-9-16-7-6-8-18(22)12-16)21(24)17-13-19(25-3)15(2)20(14-17)26-4/h6-8,12-14H,5,9-11H2,1-4H3. The van der Waals surface area contributed by atoms with Gasteiger partial charge in [0.2, 0.25) is 0 Å². The van der Waals surface area contributed by atoms with Crippen LogP contribution in [0, 0.1) is 12.7 Å². The third-order valence-corrected chi connectivity index (χ3v) is 4.34. The van der Waals surface area contributed by atoms with Crippen LogP contribution in [0.25, 0.3) is 0 Å². The lowest BCUT2D eigenvalue weighted by Crippen LogP contribution is -2.33. The molecule has 2 aromatic rings. The fourth-order valence-corrected chi connectivity index (χ4v) is 2.93. The summed E-state index contributed by atoms with van der Waals surface area (Å²) in [6.45, 7) is 5.07. The van der Waals surface area contributed by atoms with E-state index < -0.39 is 0 Å². The van der Waals surface area contributed by atoms with E-state index in [9.17, 15) is 9.18 Å². The molecule has 2 aromatic carbocycles. The largest absolute Gasteiger partial charge is 0.496 e. The molecule has 0 spiro atoms. The summed E-state index contributed by atoms with van der Waals surface area (Å²) >= 11 is 0. The van der Waals surface area contributed by atoms with E-state index in [1.807, 2.05) is 19.9 Å². The Bertz CT molecular complexity index is 736. The van der Waals surface area contributed by atoms with Crippen molar-refractivity contribution >= 4 is 5.91 Å². The van der Waals surface area contributed by atoms with E-state index in [1.165, 1.54) is 12.1 Å². The summed E-state index contributed by atoms with van der Waals surface area (Å²) in [6.07, 6.45) is 1.44. The van der Waals surface area contributed by atoms with Crippen LogP contribution in [-0.4, -0.2) is 38.1 Å². The molecular weight excluding hydrogens is 333 g/mol. The van der Waals surface area contributed by atoms with E-state index in [-0.39, 0.29) is 11.7 Å². The lowest BCUT2D eigenvalue weighted by molar-refractivity contribution is 0.0756. The lowest BCUT2D eigenvalue weighted by Gasteiger charge is -2.23. The first-order valence-electron chi connectivity index (χ1n) is 8.76. The highest BCUT2D eigenvalue weighted by Crippen LogP contribution is 2.30. The molecule has 4 nitrogen and oxygen atoms in total. The van der Waals surface area contributed by atoms with Gasteiger partial charge in [-0.15, -0.1) is 0 Å². The smallest absolute Gasteiger partial charge is 0.254 e. The Labute approximate surface area is 154 Å². The maximum absolute atomic E-state index is 13.4. The highest BCUT2D eigenvalue weighted by Gasteiger charge is 2.19. The molecule has 5 heteroatoms. The van der Waals surface area contributed by atoms with E-state index in [1.54, 1.807) is 37.3 Å². The fourth-order valence-electron chi connectivity index (χ4n) is 2.93. The number of halogens is 1. The van der Waals surface area contributed by atoms with Crippen LogP contribution in [0.5, 0.6) is 11.5 Å². The summed E-state index contributed by atoms with van der Waals surface area (Å²) in [5.74, 6) is 0.896.